The van der Waals surface area contributed by atoms with Gasteiger partial charge >= 0.3 is 6.03 Å². The summed E-state index contributed by atoms with van der Waals surface area (Å²) in [4.78, 5) is 27.9. The monoisotopic (exact) mass is 509 g/mol. The highest BCUT2D eigenvalue weighted by Crippen LogP contribution is 2.27. The molecule has 0 radical (unpaired) electrons. The first-order valence-corrected chi connectivity index (χ1v) is 12.9. The Morgan fingerprint density at radius 2 is 1.53 bits per heavy atom. The summed E-state index contributed by atoms with van der Waals surface area (Å²) >= 11 is 0. The summed E-state index contributed by atoms with van der Waals surface area (Å²) in [5, 5.41) is 10.8. The van der Waals surface area contributed by atoms with Gasteiger partial charge in [-0.3, -0.25) is 4.79 Å². The second kappa shape index (κ2) is 11.8. The smallest absolute Gasteiger partial charge is 0.315 e. The zero-order valence-electron chi connectivity index (χ0n) is 22.7. The van der Waals surface area contributed by atoms with Crippen molar-refractivity contribution in [1.29, 1.82) is 0 Å². The van der Waals surface area contributed by atoms with Crippen LogP contribution in [0.3, 0.4) is 0 Å². The van der Waals surface area contributed by atoms with Crippen LogP contribution in [0.25, 0.3) is 16.9 Å². The van der Waals surface area contributed by atoms with Crippen LogP contribution in [-0.2, 0) is 4.79 Å². The summed E-state index contributed by atoms with van der Waals surface area (Å²) in [6, 6.07) is 23.4. The van der Waals surface area contributed by atoms with Gasteiger partial charge in [0.1, 0.15) is 12.4 Å². The van der Waals surface area contributed by atoms with E-state index in [2.05, 4.69) is 16.7 Å². The highest BCUT2D eigenvalue weighted by molar-refractivity contribution is 5.97. The summed E-state index contributed by atoms with van der Waals surface area (Å²) in [5.74, 6) is 0.256. The van der Waals surface area contributed by atoms with E-state index in [9.17, 15) is 9.59 Å². The van der Waals surface area contributed by atoms with E-state index in [1.165, 1.54) is 4.90 Å². The normalized spacial score (nSPS) is 10.8. The van der Waals surface area contributed by atoms with Crippen LogP contribution in [0, 0.1) is 27.7 Å². The van der Waals surface area contributed by atoms with Gasteiger partial charge in [0.25, 0.3) is 0 Å². The van der Waals surface area contributed by atoms with Crippen LogP contribution in [0.2, 0.25) is 0 Å². The van der Waals surface area contributed by atoms with Crippen LogP contribution in [0.1, 0.15) is 35.6 Å². The molecule has 1 aromatic heterocycles. The molecular weight excluding hydrogens is 474 g/mol. The predicted molar refractivity (Wildman–Crippen MR) is 154 cm³/mol. The largest absolute Gasteiger partial charge is 0.322 e. The minimum atomic E-state index is -0.304. The van der Waals surface area contributed by atoms with Crippen molar-refractivity contribution < 1.29 is 9.59 Å². The molecule has 2 N–H and O–H groups in total. The lowest BCUT2D eigenvalue weighted by Gasteiger charge is -2.23. The quantitative estimate of drug-likeness (QED) is 0.279. The number of anilines is 2. The van der Waals surface area contributed by atoms with Gasteiger partial charge in [-0.15, -0.1) is 0 Å². The predicted octanol–water partition coefficient (Wildman–Crippen LogP) is 6.66. The Morgan fingerprint density at radius 1 is 0.842 bits per heavy atom. The van der Waals surface area contributed by atoms with Gasteiger partial charge in [0.2, 0.25) is 5.91 Å². The molecule has 0 unspecified atom stereocenters. The Hall–Kier alpha value is -4.39. The second-order valence-electron chi connectivity index (χ2n) is 9.70. The third-order valence-corrected chi connectivity index (χ3v) is 6.37. The summed E-state index contributed by atoms with van der Waals surface area (Å²) in [6.45, 7) is 10.4. The molecule has 0 saturated carbocycles. The molecule has 4 aromatic rings. The number of amides is 3. The molecule has 0 fully saturated rings. The zero-order valence-corrected chi connectivity index (χ0v) is 22.7. The van der Waals surface area contributed by atoms with Crippen molar-refractivity contribution >= 4 is 23.4 Å². The number of carbonyl (C=O) groups excluding carboxylic acids is 2. The van der Waals surface area contributed by atoms with Gasteiger partial charge in [0, 0.05) is 23.9 Å². The number of hydrogen-bond donors (Lipinski definition) is 2. The van der Waals surface area contributed by atoms with E-state index in [1.807, 2.05) is 101 Å². The van der Waals surface area contributed by atoms with Gasteiger partial charge in [0.15, 0.2) is 0 Å². The van der Waals surface area contributed by atoms with Crippen molar-refractivity contribution in [1.82, 2.24) is 14.7 Å². The third-order valence-electron chi connectivity index (χ3n) is 6.37. The van der Waals surface area contributed by atoms with Crippen LogP contribution in [0.5, 0.6) is 0 Å². The maximum absolute atomic E-state index is 13.3. The van der Waals surface area contributed by atoms with E-state index < -0.39 is 0 Å². The topological polar surface area (TPSA) is 79.3 Å². The average Bonchev–Trinajstić information content (AvgIpc) is 3.29. The van der Waals surface area contributed by atoms with E-state index in [-0.39, 0.29) is 18.5 Å². The molecule has 38 heavy (non-hydrogen) atoms. The van der Waals surface area contributed by atoms with E-state index in [1.54, 1.807) is 4.68 Å². The fourth-order valence-electron chi connectivity index (χ4n) is 4.47. The Morgan fingerprint density at radius 3 is 2.18 bits per heavy atom. The van der Waals surface area contributed by atoms with Crippen LogP contribution in [-0.4, -0.2) is 39.7 Å². The maximum Gasteiger partial charge on any atom is 0.322 e. The first-order valence-electron chi connectivity index (χ1n) is 12.9. The Bertz CT molecular complexity index is 1440. The van der Waals surface area contributed by atoms with E-state index in [0.29, 0.717) is 12.4 Å². The number of rotatable bonds is 8. The molecule has 7 heteroatoms. The van der Waals surface area contributed by atoms with Crippen molar-refractivity contribution in [3.63, 3.8) is 0 Å². The molecule has 4 rings (SSSR count). The minimum Gasteiger partial charge on any atom is -0.315 e. The molecular formula is C31H35N5O2. The summed E-state index contributed by atoms with van der Waals surface area (Å²) in [7, 11) is 0. The number of aryl methyl sites for hydroxylation is 4. The number of urea groups is 1. The van der Waals surface area contributed by atoms with Gasteiger partial charge in [-0.2, -0.15) is 5.10 Å². The highest BCUT2D eigenvalue weighted by Gasteiger charge is 2.20. The molecule has 0 saturated heterocycles. The fourth-order valence-corrected chi connectivity index (χ4v) is 4.47. The number of nitrogens with zero attached hydrogens (tertiary/aromatic N) is 3. The Kier molecular flexibility index (Phi) is 8.26. The van der Waals surface area contributed by atoms with Gasteiger partial charge in [0.05, 0.1) is 11.4 Å². The standard InChI is InChI=1S/C31H35N5O2/c1-6-16-35(31(38)32-26-14-12-21(2)17-23(26)4)20-30(37)33-29-19-27(25-10-8-7-9-11-25)34-36(29)28-15-13-22(3)18-24(28)5/h7-15,17-19H,6,16,20H2,1-5H3,(H,32,38)(H,33,37). The number of nitrogens with one attached hydrogen (secondary N) is 2. The molecule has 0 aliphatic heterocycles. The van der Waals surface area contributed by atoms with Crippen LogP contribution >= 0.6 is 0 Å². The molecule has 0 atom stereocenters. The molecule has 3 aromatic carbocycles. The Labute approximate surface area is 224 Å². The third kappa shape index (κ3) is 6.29. The van der Waals surface area contributed by atoms with Gasteiger partial charge in [-0.1, -0.05) is 72.6 Å². The van der Waals surface area contributed by atoms with Crippen LogP contribution in [0.4, 0.5) is 16.3 Å². The van der Waals surface area contributed by atoms with Crippen molar-refractivity contribution in [3.05, 3.63) is 95.1 Å². The lowest BCUT2D eigenvalue weighted by atomic mass is 10.1. The second-order valence-corrected chi connectivity index (χ2v) is 9.70. The maximum atomic E-state index is 13.3. The van der Waals surface area contributed by atoms with E-state index in [4.69, 9.17) is 5.10 Å². The number of hydrogen-bond acceptors (Lipinski definition) is 3. The summed E-state index contributed by atoms with van der Waals surface area (Å²) in [5.41, 5.74) is 7.62. The first kappa shape index (κ1) is 26.7. The molecule has 7 nitrogen and oxygen atoms in total. The summed E-state index contributed by atoms with van der Waals surface area (Å²) < 4.78 is 1.76. The molecule has 0 aliphatic rings. The number of aromatic nitrogens is 2. The van der Waals surface area contributed by atoms with Crippen molar-refractivity contribution in [2.75, 3.05) is 23.7 Å². The van der Waals surface area contributed by atoms with Crippen LogP contribution in [0.15, 0.2) is 72.8 Å². The number of benzene rings is 3. The first-order chi connectivity index (χ1) is 18.2. The highest BCUT2D eigenvalue weighted by atomic mass is 16.2. The molecule has 0 spiro atoms. The van der Waals surface area contributed by atoms with Crippen molar-refractivity contribution in [2.24, 2.45) is 0 Å². The minimum absolute atomic E-state index is 0.0800. The van der Waals surface area contributed by atoms with Gasteiger partial charge in [-0.05, 0) is 57.4 Å². The molecule has 1 heterocycles. The zero-order chi connectivity index (χ0) is 27.2. The lowest BCUT2D eigenvalue weighted by molar-refractivity contribution is -0.116. The van der Waals surface area contributed by atoms with Gasteiger partial charge in [-0.25, -0.2) is 9.48 Å². The van der Waals surface area contributed by atoms with E-state index >= 15 is 0 Å². The Balaban J connectivity index is 1.58. The molecule has 196 valence electrons. The van der Waals surface area contributed by atoms with Gasteiger partial charge < -0.3 is 15.5 Å². The fraction of sp³-hybridized carbons (Fsp3) is 0.258. The molecule has 0 aliphatic carbocycles. The van der Waals surface area contributed by atoms with Crippen LogP contribution < -0.4 is 10.6 Å². The van der Waals surface area contributed by atoms with Crippen molar-refractivity contribution in [3.8, 4) is 16.9 Å². The summed E-state index contributed by atoms with van der Waals surface area (Å²) in [6.07, 6.45) is 0.728. The SMILES string of the molecule is CCCN(CC(=O)Nc1cc(-c2ccccc2)nn1-c1ccc(C)cc1C)C(=O)Nc1ccc(C)cc1C. The van der Waals surface area contributed by atoms with E-state index in [0.717, 1.165) is 51.3 Å². The lowest BCUT2D eigenvalue weighted by Crippen LogP contribution is -2.41. The average molecular weight is 510 g/mol. The molecule has 0 bridgehead atoms. The number of carbonyl (C=O) groups is 2. The molecule has 3 amide bonds. The van der Waals surface area contributed by atoms with Crippen molar-refractivity contribution in [2.45, 2.75) is 41.0 Å².